The summed E-state index contributed by atoms with van der Waals surface area (Å²) in [6, 6.07) is 10.4. The van der Waals surface area contributed by atoms with Gasteiger partial charge in [-0.3, -0.25) is 4.90 Å². The molecule has 3 rings (SSSR count). The maximum Gasteiger partial charge on any atom is 0.226 e. The molecule has 0 bridgehead atoms. The number of oxazole rings is 1. The summed E-state index contributed by atoms with van der Waals surface area (Å²) in [6.07, 6.45) is 4.36. The summed E-state index contributed by atoms with van der Waals surface area (Å²) in [5.74, 6) is 1.45. The van der Waals surface area contributed by atoms with Crippen LogP contribution in [-0.4, -0.2) is 29.5 Å². The lowest BCUT2D eigenvalue weighted by Gasteiger charge is -2.25. The third-order valence-corrected chi connectivity index (χ3v) is 3.96. The highest BCUT2D eigenvalue weighted by Gasteiger charge is 2.32. The molecule has 114 valence electrons. The van der Waals surface area contributed by atoms with Gasteiger partial charge < -0.3 is 10.2 Å². The third-order valence-electron chi connectivity index (χ3n) is 3.96. The zero-order chi connectivity index (χ0) is 13.9. The van der Waals surface area contributed by atoms with Crippen LogP contribution in [0.4, 0.5) is 0 Å². The molecule has 1 heterocycles. The molecule has 0 amide bonds. The van der Waals surface area contributed by atoms with Crippen LogP contribution >= 0.6 is 12.4 Å². The molecule has 1 fully saturated rings. The Kier molecular flexibility index (Phi) is 5.39. The van der Waals surface area contributed by atoms with E-state index < -0.39 is 0 Å². The van der Waals surface area contributed by atoms with Gasteiger partial charge >= 0.3 is 0 Å². The van der Waals surface area contributed by atoms with E-state index in [0.29, 0.717) is 18.5 Å². The fourth-order valence-corrected chi connectivity index (χ4v) is 2.68. The zero-order valence-electron chi connectivity index (χ0n) is 12.2. The van der Waals surface area contributed by atoms with Crippen molar-refractivity contribution in [2.75, 3.05) is 13.6 Å². The molecule has 1 unspecified atom stereocenters. The number of hydrogen-bond donors (Lipinski definition) is 1. The first kappa shape index (κ1) is 16.0. The molecular weight excluding hydrogens is 286 g/mol. The number of aromatic nitrogens is 1. The van der Waals surface area contributed by atoms with Gasteiger partial charge in [0.05, 0.1) is 5.69 Å². The first-order chi connectivity index (χ1) is 9.78. The maximum atomic E-state index is 5.88. The minimum atomic E-state index is 0. The summed E-state index contributed by atoms with van der Waals surface area (Å²) in [6.45, 7) is 1.50. The normalized spacial score (nSPS) is 15.8. The van der Waals surface area contributed by atoms with Crippen LogP contribution in [0.3, 0.4) is 0 Å². The summed E-state index contributed by atoms with van der Waals surface area (Å²) in [7, 11) is 2.12. The highest BCUT2D eigenvalue weighted by atomic mass is 35.5. The number of rotatable bonds is 6. The number of likely N-dealkylation sites (N-methyl/N-ethyl adjacent to an activating group) is 1. The summed E-state index contributed by atoms with van der Waals surface area (Å²) in [5, 5.41) is 0. The Bertz CT molecular complexity index is 554. The lowest BCUT2D eigenvalue weighted by molar-refractivity contribution is 0.213. The Labute approximate surface area is 131 Å². The molecule has 4 nitrogen and oxygen atoms in total. The predicted molar refractivity (Wildman–Crippen MR) is 86.2 cm³/mol. The Morgan fingerprint density at radius 1 is 1.33 bits per heavy atom. The van der Waals surface area contributed by atoms with E-state index in [4.69, 9.17) is 10.2 Å². The Hall–Kier alpha value is -1.36. The van der Waals surface area contributed by atoms with E-state index in [1.54, 1.807) is 6.26 Å². The molecule has 1 saturated carbocycles. The molecule has 1 atom stereocenters. The lowest BCUT2D eigenvalue weighted by atomic mass is 10.1. The van der Waals surface area contributed by atoms with Crippen LogP contribution in [0.15, 0.2) is 41.0 Å². The quantitative estimate of drug-likeness (QED) is 0.891. The van der Waals surface area contributed by atoms with Crippen LogP contribution in [0.25, 0.3) is 11.5 Å². The van der Waals surface area contributed by atoms with Crippen molar-refractivity contribution in [1.82, 2.24) is 9.88 Å². The van der Waals surface area contributed by atoms with Crippen LogP contribution in [0.2, 0.25) is 0 Å². The van der Waals surface area contributed by atoms with Gasteiger partial charge in [0, 0.05) is 24.7 Å². The average molecular weight is 308 g/mol. The van der Waals surface area contributed by atoms with Gasteiger partial charge in [-0.05, 0) is 37.9 Å². The smallest absolute Gasteiger partial charge is 0.226 e. The van der Waals surface area contributed by atoms with Gasteiger partial charge in [-0.15, -0.1) is 12.4 Å². The second-order valence-electron chi connectivity index (χ2n) is 5.57. The summed E-state index contributed by atoms with van der Waals surface area (Å²) in [4.78, 5) is 6.86. The van der Waals surface area contributed by atoms with Crippen molar-refractivity contribution < 1.29 is 4.42 Å². The minimum Gasteiger partial charge on any atom is -0.444 e. The first-order valence-corrected chi connectivity index (χ1v) is 7.18. The Morgan fingerprint density at radius 2 is 2.05 bits per heavy atom. The van der Waals surface area contributed by atoms with Crippen molar-refractivity contribution >= 4 is 12.4 Å². The molecule has 5 heteroatoms. The molecule has 2 aromatic rings. The van der Waals surface area contributed by atoms with E-state index >= 15 is 0 Å². The van der Waals surface area contributed by atoms with Crippen LogP contribution in [-0.2, 0) is 6.54 Å². The molecule has 0 spiro atoms. The number of benzene rings is 1. The highest BCUT2D eigenvalue weighted by molar-refractivity contribution is 5.85. The van der Waals surface area contributed by atoms with Gasteiger partial charge in [-0.2, -0.15) is 0 Å². The summed E-state index contributed by atoms with van der Waals surface area (Å²) in [5.41, 5.74) is 7.86. The van der Waals surface area contributed by atoms with Crippen LogP contribution in [0, 0.1) is 5.92 Å². The molecule has 1 aromatic heterocycles. The van der Waals surface area contributed by atoms with Crippen molar-refractivity contribution in [2.24, 2.45) is 11.7 Å². The minimum absolute atomic E-state index is 0. The first-order valence-electron chi connectivity index (χ1n) is 7.18. The van der Waals surface area contributed by atoms with E-state index in [1.807, 2.05) is 30.3 Å². The third kappa shape index (κ3) is 3.84. The van der Waals surface area contributed by atoms with Gasteiger partial charge in [0.25, 0.3) is 0 Å². The topological polar surface area (TPSA) is 55.3 Å². The zero-order valence-corrected chi connectivity index (χ0v) is 13.1. The Balaban J connectivity index is 0.00000161. The molecule has 1 aromatic carbocycles. The second-order valence-corrected chi connectivity index (χ2v) is 5.57. The van der Waals surface area contributed by atoms with Crippen molar-refractivity contribution in [3.05, 3.63) is 42.3 Å². The fraction of sp³-hybridized carbons (Fsp3) is 0.438. The van der Waals surface area contributed by atoms with E-state index in [9.17, 15) is 0 Å². The molecule has 0 radical (unpaired) electrons. The SMILES string of the molecule is CN(Cc1coc(-c2ccccc2)n1)C(CN)C1CC1.Cl. The average Bonchev–Trinajstić information content (AvgIpc) is 3.19. The molecule has 0 saturated heterocycles. The van der Waals surface area contributed by atoms with Gasteiger partial charge in [-0.25, -0.2) is 4.98 Å². The number of hydrogen-bond acceptors (Lipinski definition) is 4. The van der Waals surface area contributed by atoms with E-state index in [-0.39, 0.29) is 12.4 Å². The van der Waals surface area contributed by atoms with Crippen LogP contribution in [0.5, 0.6) is 0 Å². The number of nitrogens with zero attached hydrogens (tertiary/aromatic N) is 2. The van der Waals surface area contributed by atoms with Crippen LogP contribution < -0.4 is 5.73 Å². The van der Waals surface area contributed by atoms with E-state index in [1.165, 1.54) is 12.8 Å². The van der Waals surface area contributed by atoms with Crippen molar-refractivity contribution in [3.8, 4) is 11.5 Å². The molecule has 2 N–H and O–H groups in total. The number of halogens is 1. The lowest BCUT2D eigenvalue weighted by Crippen LogP contribution is -2.39. The summed E-state index contributed by atoms with van der Waals surface area (Å²) >= 11 is 0. The monoisotopic (exact) mass is 307 g/mol. The maximum absolute atomic E-state index is 5.88. The van der Waals surface area contributed by atoms with Gasteiger partial charge in [-0.1, -0.05) is 18.2 Å². The van der Waals surface area contributed by atoms with Crippen LogP contribution in [0.1, 0.15) is 18.5 Å². The molecule has 0 aliphatic heterocycles. The van der Waals surface area contributed by atoms with Crippen molar-refractivity contribution in [3.63, 3.8) is 0 Å². The van der Waals surface area contributed by atoms with Crippen molar-refractivity contribution in [1.29, 1.82) is 0 Å². The molecular formula is C16H22ClN3O. The van der Waals surface area contributed by atoms with Gasteiger partial charge in [0.1, 0.15) is 6.26 Å². The second kappa shape index (κ2) is 7.07. The summed E-state index contributed by atoms with van der Waals surface area (Å²) < 4.78 is 5.57. The standard InChI is InChI=1S/C16H21N3O.ClH/c1-19(15(9-17)12-7-8-12)10-14-11-20-16(18-14)13-5-3-2-4-6-13;/h2-6,11-12,15H,7-10,17H2,1H3;1H. The molecule has 21 heavy (non-hydrogen) atoms. The van der Waals surface area contributed by atoms with E-state index in [2.05, 4.69) is 16.9 Å². The number of nitrogens with two attached hydrogens (primary N) is 1. The van der Waals surface area contributed by atoms with Gasteiger partial charge in [0.15, 0.2) is 0 Å². The van der Waals surface area contributed by atoms with E-state index in [0.717, 1.165) is 23.7 Å². The molecule has 1 aliphatic rings. The fourth-order valence-electron chi connectivity index (χ4n) is 2.68. The molecule has 1 aliphatic carbocycles. The van der Waals surface area contributed by atoms with Gasteiger partial charge in [0.2, 0.25) is 5.89 Å². The predicted octanol–water partition coefficient (Wildman–Crippen LogP) is 2.93. The van der Waals surface area contributed by atoms with Crippen molar-refractivity contribution in [2.45, 2.75) is 25.4 Å². The Morgan fingerprint density at radius 3 is 2.67 bits per heavy atom. The highest BCUT2D eigenvalue weighted by Crippen LogP contribution is 2.35. The largest absolute Gasteiger partial charge is 0.444 e.